The molecule has 0 radical (unpaired) electrons. The molecule has 6 rings (SSSR count). The van der Waals surface area contributed by atoms with Gasteiger partial charge in [-0.3, -0.25) is 9.80 Å². The van der Waals surface area contributed by atoms with Gasteiger partial charge in [-0.2, -0.15) is 9.97 Å². The first-order valence-electron chi connectivity index (χ1n) is 15.4. The Balaban J connectivity index is 1.17. The van der Waals surface area contributed by atoms with Crippen molar-refractivity contribution in [2.45, 2.75) is 114 Å². The predicted octanol–water partition coefficient (Wildman–Crippen LogP) is 3.85. The first kappa shape index (κ1) is 28.2. The molecule has 5 aliphatic rings. The molecule has 0 aliphatic carbocycles. The fraction of sp³-hybridized carbons (Fsp3) is 0.828. The van der Waals surface area contributed by atoms with Crippen LogP contribution in [0.2, 0.25) is 18.1 Å². The van der Waals surface area contributed by atoms with E-state index in [1.165, 1.54) is 12.0 Å². The third-order valence-electron chi connectivity index (χ3n) is 10.8. The van der Waals surface area contributed by atoms with E-state index in [2.05, 4.69) is 49.0 Å². The van der Waals surface area contributed by atoms with Gasteiger partial charge < -0.3 is 24.5 Å². The Hall–Kier alpha value is -1.95. The van der Waals surface area contributed by atoms with Gasteiger partial charge in [-0.05, 0) is 76.2 Å². The number of carbonyl (C=O) groups is 1. The zero-order chi connectivity index (χ0) is 28.3. The zero-order valence-corrected chi connectivity index (χ0v) is 26.0. The molecular weight excluding hydrogens is 524 g/mol. The highest BCUT2D eigenvalue weighted by atomic mass is 28.4. The van der Waals surface area contributed by atoms with Crippen LogP contribution < -0.4 is 15.0 Å². The maximum Gasteiger partial charge on any atom is 0.407 e. The molecule has 1 aromatic rings. The van der Waals surface area contributed by atoms with Crippen LogP contribution in [0.15, 0.2) is 0 Å². The van der Waals surface area contributed by atoms with Crippen LogP contribution in [0.3, 0.4) is 0 Å². The Morgan fingerprint density at radius 2 is 1.90 bits per heavy atom. The van der Waals surface area contributed by atoms with Crippen molar-refractivity contribution in [3.8, 4) is 6.01 Å². The van der Waals surface area contributed by atoms with Crippen LogP contribution >= 0.6 is 0 Å². The summed E-state index contributed by atoms with van der Waals surface area (Å²) < 4.78 is 13.2. The second-order valence-corrected chi connectivity index (χ2v) is 19.0. The van der Waals surface area contributed by atoms with Crippen molar-refractivity contribution >= 4 is 20.2 Å². The van der Waals surface area contributed by atoms with E-state index >= 15 is 0 Å². The summed E-state index contributed by atoms with van der Waals surface area (Å²) in [6.45, 7) is 17.1. The van der Waals surface area contributed by atoms with Gasteiger partial charge in [-0.15, -0.1) is 0 Å². The van der Waals surface area contributed by atoms with Crippen LogP contribution in [0.1, 0.15) is 70.6 Å². The zero-order valence-electron chi connectivity index (χ0n) is 25.0. The maximum absolute atomic E-state index is 11.8. The van der Waals surface area contributed by atoms with Crippen LogP contribution in [0.5, 0.6) is 6.01 Å². The lowest BCUT2D eigenvalue weighted by Gasteiger charge is -2.41. The van der Waals surface area contributed by atoms with Gasteiger partial charge >= 0.3 is 12.1 Å². The normalized spacial score (nSPS) is 30.5. The van der Waals surface area contributed by atoms with Crippen molar-refractivity contribution in [3.05, 3.63) is 11.3 Å². The molecule has 2 bridgehead atoms. The molecule has 0 aromatic carbocycles. The standard InChI is InChI=1S/C29H48N6O4Si/c1-28(2,3)40(4,5)39-18-22-9-12-29(11-6-14-34(22)29)19-38-26-31-24-15-30-13-10-23(24)25(32-26)33-16-20-7-8-21(17-33)35(20)27(36)37/h20-22,30H,6-19H2,1-5H3,(H,36,37)/t20-,21+,22?,29?. The number of anilines is 1. The second kappa shape index (κ2) is 10.4. The fourth-order valence-corrected chi connectivity index (χ4v) is 8.58. The Morgan fingerprint density at radius 3 is 2.60 bits per heavy atom. The molecular formula is C29H48N6O4Si. The summed E-state index contributed by atoms with van der Waals surface area (Å²) in [4.78, 5) is 28.4. The number of nitrogens with one attached hydrogen (secondary N) is 1. The van der Waals surface area contributed by atoms with Crippen molar-refractivity contribution in [2.75, 3.05) is 44.3 Å². The van der Waals surface area contributed by atoms with Crippen LogP contribution in [0.4, 0.5) is 10.6 Å². The van der Waals surface area contributed by atoms with Crippen LogP contribution in [0, 0.1) is 0 Å². The average Bonchev–Trinajstić information content (AvgIpc) is 3.55. The van der Waals surface area contributed by atoms with E-state index in [0.29, 0.717) is 38.3 Å². The molecule has 11 heteroatoms. The molecule has 1 aromatic heterocycles. The molecule has 6 heterocycles. The topological polar surface area (TPSA) is 103 Å². The molecule has 4 fully saturated rings. The van der Waals surface area contributed by atoms with Crippen molar-refractivity contribution < 1.29 is 19.1 Å². The molecule has 1 amide bonds. The summed E-state index contributed by atoms with van der Waals surface area (Å²) in [6, 6.07) is 0.976. The summed E-state index contributed by atoms with van der Waals surface area (Å²) in [5.41, 5.74) is 2.25. The number of amides is 1. The van der Waals surface area contributed by atoms with E-state index in [9.17, 15) is 9.90 Å². The first-order chi connectivity index (χ1) is 19.0. The molecule has 40 heavy (non-hydrogen) atoms. The molecule has 0 saturated carbocycles. The van der Waals surface area contributed by atoms with Gasteiger partial charge in [-0.25, -0.2) is 4.79 Å². The fourth-order valence-electron chi connectivity index (χ4n) is 7.54. The van der Waals surface area contributed by atoms with E-state index in [1.807, 2.05) is 0 Å². The number of ether oxygens (including phenoxy) is 1. The molecule has 2 unspecified atom stereocenters. The van der Waals surface area contributed by atoms with E-state index < -0.39 is 14.4 Å². The smallest absolute Gasteiger partial charge is 0.407 e. The molecule has 5 aliphatic heterocycles. The van der Waals surface area contributed by atoms with E-state index in [-0.39, 0.29) is 22.7 Å². The van der Waals surface area contributed by atoms with E-state index in [0.717, 1.165) is 69.7 Å². The lowest BCUT2D eigenvalue weighted by atomic mass is 9.95. The SMILES string of the molecule is CC(C)(C)[Si](C)(C)OCC1CCC2(COc3nc4c(c(N5C[C@H]6CC[C@@H](C5)N6C(=O)O)n3)CCNC4)CCCN12. The number of carboxylic acid groups (broad SMARTS) is 1. The van der Waals surface area contributed by atoms with Crippen molar-refractivity contribution in [3.63, 3.8) is 0 Å². The summed E-state index contributed by atoms with van der Waals surface area (Å²) in [7, 11) is -1.79. The minimum atomic E-state index is -1.79. The van der Waals surface area contributed by atoms with Gasteiger partial charge in [0.15, 0.2) is 8.32 Å². The van der Waals surface area contributed by atoms with E-state index in [4.69, 9.17) is 19.1 Å². The Morgan fingerprint density at radius 1 is 1.15 bits per heavy atom. The van der Waals surface area contributed by atoms with Gasteiger partial charge in [0.2, 0.25) is 0 Å². The summed E-state index contributed by atoms with van der Waals surface area (Å²) in [5, 5.41) is 13.4. The number of aromatic nitrogens is 2. The first-order valence-corrected chi connectivity index (χ1v) is 18.3. The highest BCUT2D eigenvalue weighted by Crippen LogP contribution is 2.44. The molecule has 222 valence electrons. The molecule has 10 nitrogen and oxygen atoms in total. The average molecular weight is 573 g/mol. The minimum absolute atomic E-state index is 0.0304. The van der Waals surface area contributed by atoms with Crippen molar-refractivity contribution in [1.29, 1.82) is 0 Å². The minimum Gasteiger partial charge on any atom is -0.465 e. The summed E-state index contributed by atoms with van der Waals surface area (Å²) >= 11 is 0. The third-order valence-corrected chi connectivity index (χ3v) is 15.3. The number of rotatable bonds is 7. The quantitative estimate of drug-likeness (QED) is 0.472. The predicted molar refractivity (Wildman–Crippen MR) is 157 cm³/mol. The van der Waals surface area contributed by atoms with E-state index in [1.54, 1.807) is 4.90 Å². The van der Waals surface area contributed by atoms with Gasteiger partial charge in [-0.1, -0.05) is 20.8 Å². The number of hydrogen-bond acceptors (Lipinski definition) is 8. The number of nitrogens with zero attached hydrogens (tertiary/aromatic N) is 5. The highest BCUT2D eigenvalue weighted by Gasteiger charge is 2.51. The molecule has 4 atom stereocenters. The molecule has 2 N–H and O–H groups in total. The van der Waals surface area contributed by atoms with Crippen LogP contribution in [0.25, 0.3) is 0 Å². The van der Waals surface area contributed by atoms with Gasteiger partial charge in [0.1, 0.15) is 12.4 Å². The lowest BCUT2D eigenvalue weighted by Crippen LogP contribution is -2.56. The van der Waals surface area contributed by atoms with Crippen molar-refractivity contribution in [1.82, 2.24) is 25.1 Å². The van der Waals surface area contributed by atoms with Crippen LogP contribution in [-0.2, 0) is 17.4 Å². The summed E-state index contributed by atoms with van der Waals surface area (Å²) in [6.07, 6.45) is 6.53. The van der Waals surface area contributed by atoms with Crippen LogP contribution in [-0.4, -0.2) is 102 Å². The molecule has 0 spiro atoms. The Labute approximate surface area is 239 Å². The Kier molecular flexibility index (Phi) is 7.32. The number of hydrogen-bond donors (Lipinski definition) is 2. The number of piperazine rings is 1. The van der Waals surface area contributed by atoms with Gasteiger partial charge in [0.05, 0.1) is 23.3 Å². The second-order valence-electron chi connectivity index (χ2n) is 14.2. The largest absolute Gasteiger partial charge is 0.465 e. The van der Waals surface area contributed by atoms with Crippen molar-refractivity contribution in [2.24, 2.45) is 0 Å². The van der Waals surface area contributed by atoms with Gasteiger partial charge in [0, 0.05) is 37.8 Å². The maximum atomic E-state index is 11.8. The highest BCUT2D eigenvalue weighted by molar-refractivity contribution is 6.74. The van der Waals surface area contributed by atoms with Gasteiger partial charge in [0.25, 0.3) is 0 Å². The Bertz CT molecular complexity index is 1110. The monoisotopic (exact) mass is 572 g/mol. The molecule has 4 saturated heterocycles. The third kappa shape index (κ3) is 5.01. The lowest BCUT2D eigenvalue weighted by molar-refractivity contribution is 0.0660. The number of fused-ring (bicyclic) bond motifs is 4. The summed E-state index contributed by atoms with van der Waals surface area (Å²) in [5.74, 6) is 0.955.